The number of rotatable bonds is 1. The molecule has 3 aliphatic heterocycles. The fourth-order valence-corrected chi connectivity index (χ4v) is 2.78. The Bertz CT molecular complexity index is 502. The van der Waals surface area contributed by atoms with Crippen molar-refractivity contribution in [2.75, 3.05) is 0 Å². The number of hydrogen-bond donors (Lipinski definition) is 1. The van der Waals surface area contributed by atoms with Gasteiger partial charge in [-0.25, -0.2) is 0 Å². The quantitative estimate of drug-likeness (QED) is 0.471. The highest BCUT2D eigenvalue weighted by Crippen LogP contribution is 2.48. The van der Waals surface area contributed by atoms with Gasteiger partial charge in [0.2, 0.25) is 11.8 Å². The van der Waals surface area contributed by atoms with Gasteiger partial charge in [-0.15, -0.1) is 0 Å². The van der Waals surface area contributed by atoms with Crippen molar-refractivity contribution in [1.29, 1.82) is 0 Å². The summed E-state index contributed by atoms with van der Waals surface area (Å²) in [6, 6.07) is 0. The highest BCUT2D eigenvalue weighted by Gasteiger charge is 2.64. The third kappa shape index (κ3) is 1.05. The predicted molar refractivity (Wildman–Crippen MR) is 54.2 cm³/mol. The Morgan fingerprint density at radius 2 is 1.88 bits per heavy atom. The van der Waals surface area contributed by atoms with Crippen LogP contribution >= 0.6 is 0 Å². The normalized spacial score (nSPS) is 36.1. The monoisotopic (exact) mass is 234 g/mol. The molecule has 4 fully saturated rings. The van der Waals surface area contributed by atoms with Crippen molar-refractivity contribution in [3.8, 4) is 0 Å². The first-order chi connectivity index (χ1) is 7.95. The van der Waals surface area contributed by atoms with Crippen molar-refractivity contribution in [1.82, 2.24) is 10.2 Å². The molecule has 0 aromatic rings. The molecule has 0 spiro atoms. The molecule has 0 aromatic carbocycles. The minimum absolute atomic E-state index is 0.0352. The summed E-state index contributed by atoms with van der Waals surface area (Å²) in [6.07, 6.45) is 0.470. The SMILES string of the molecule is C=C1CC(=O)N(C23CC(C2)C(=O)NC3=O)C1=O. The van der Waals surface area contributed by atoms with Crippen LogP contribution in [0.15, 0.2) is 12.2 Å². The predicted octanol–water partition coefficient (Wildman–Crippen LogP) is -0.893. The summed E-state index contributed by atoms with van der Waals surface area (Å²) in [4.78, 5) is 47.7. The fourth-order valence-electron chi connectivity index (χ4n) is 2.78. The third-order valence-electron chi connectivity index (χ3n) is 3.75. The zero-order valence-corrected chi connectivity index (χ0v) is 8.99. The van der Waals surface area contributed by atoms with E-state index in [0.717, 1.165) is 4.90 Å². The molecule has 3 heterocycles. The Labute approximate surface area is 96.6 Å². The van der Waals surface area contributed by atoms with Crippen LogP contribution in [0.25, 0.3) is 0 Å². The van der Waals surface area contributed by atoms with Crippen molar-refractivity contribution in [3.05, 3.63) is 12.2 Å². The summed E-state index contributed by atoms with van der Waals surface area (Å²) in [5.74, 6) is -2.00. The summed E-state index contributed by atoms with van der Waals surface area (Å²) < 4.78 is 0. The van der Waals surface area contributed by atoms with Crippen molar-refractivity contribution in [2.24, 2.45) is 5.92 Å². The summed E-state index contributed by atoms with van der Waals surface area (Å²) in [5.41, 5.74) is -0.927. The minimum Gasteiger partial charge on any atom is -0.294 e. The molecule has 1 aliphatic carbocycles. The van der Waals surface area contributed by atoms with E-state index in [4.69, 9.17) is 0 Å². The molecule has 3 saturated heterocycles. The first-order valence-electron chi connectivity index (χ1n) is 5.36. The van der Waals surface area contributed by atoms with Gasteiger partial charge < -0.3 is 0 Å². The Balaban J connectivity index is 1.98. The molecule has 0 radical (unpaired) electrons. The van der Waals surface area contributed by atoms with Gasteiger partial charge in [0, 0.05) is 11.5 Å². The molecule has 88 valence electrons. The molecule has 4 aliphatic rings. The van der Waals surface area contributed by atoms with Crippen LogP contribution in [0.2, 0.25) is 0 Å². The second kappa shape index (κ2) is 2.82. The molecule has 0 atom stereocenters. The van der Waals surface area contributed by atoms with Crippen molar-refractivity contribution in [2.45, 2.75) is 24.8 Å². The summed E-state index contributed by atoms with van der Waals surface area (Å²) >= 11 is 0. The number of nitrogens with zero attached hydrogens (tertiary/aromatic N) is 1. The number of imide groups is 2. The number of carbonyl (C=O) groups is 4. The number of nitrogens with one attached hydrogen (secondary N) is 1. The molecule has 0 unspecified atom stereocenters. The maximum absolute atomic E-state index is 11.8. The van der Waals surface area contributed by atoms with Gasteiger partial charge in [-0.2, -0.15) is 0 Å². The Morgan fingerprint density at radius 1 is 1.24 bits per heavy atom. The van der Waals surface area contributed by atoms with Gasteiger partial charge in [-0.3, -0.25) is 29.4 Å². The van der Waals surface area contributed by atoms with Crippen molar-refractivity contribution >= 4 is 23.6 Å². The molecule has 1 saturated carbocycles. The second-order valence-electron chi connectivity index (χ2n) is 4.77. The fraction of sp³-hybridized carbons (Fsp3) is 0.455. The summed E-state index contributed by atoms with van der Waals surface area (Å²) in [5, 5.41) is 2.20. The highest BCUT2D eigenvalue weighted by atomic mass is 16.2. The smallest absolute Gasteiger partial charge is 0.257 e. The molecular weight excluding hydrogens is 224 g/mol. The van der Waals surface area contributed by atoms with Crippen LogP contribution in [0, 0.1) is 5.92 Å². The third-order valence-corrected chi connectivity index (χ3v) is 3.75. The number of amides is 4. The van der Waals surface area contributed by atoms with Gasteiger partial charge in [0.05, 0.1) is 6.42 Å². The summed E-state index contributed by atoms with van der Waals surface area (Å²) in [7, 11) is 0. The number of carbonyl (C=O) groups excluding carboxylic acids is 4. The zero-order valence-electron chi connectivity index (χ0n) is 8.99. The van der Waals surface area contributed by atoms with Gasteiger partial charge >= 0.3 is 0 Å². The van der Waals surface area contributed by atoms with Crippen LogP contribution in [0.1, 0.15) is 19.3 Å². The van der Waals surface area contributed by atoms with Gasteiger partial charge in [0.1, 0.15) is 5.54 Å². The number of piperidine rings is 2. The Morgan fingerprint density at radius 3 is 2.35 bits per heavy atom. The molecular formula is C11H10N2O4. The standard InChI is InChI=1S/C11H10N2O4/c1-5-2-7(14)13(9(5)16)11-3-6(4-11)8(15)12-10(11)17/h6H,1-4H2,(H,12,15,17). The second-order valence-corrected chi connectivity index (χ2v) is 4.77. The lowest BCUT2D eigenvalue weighted by Crippen LogP contribution is -2.74. The lowest BCUT2D eigenvalue weighted by atomic mass is 9.63. The summed E-state index contributed by atoms with van der Waals surface area (Å²) in [6.45, 7) is 3.51. The molecule has 17 heavy (non-hydrogen) atoms. The first-order valence-corrected chi connectivity index (χ1v) is 5.36. The maximum atomic E-state index is 11.8. The van der Waals surface area contributed by atoms with E-state index in [9.17, 15) is 19.2 Å². The van der Waals surface area contributed by atoms with Crippen LogP contribution in [-0.4, -0.2) is 34.1 Å². The maximum Gasteiger partial charge on any atom is 0.257 e. The van der Waals surface area contributed by atoms with Crippen molar-refractivity contribution < 1.29 is 19.2 Å². The van der Waals surface area contributed by atoms with Gasteiger partial charge in [0.25, 0.3) is 11.8 Å². The lowest BCUT2D eigenvalue weighted by molar-refractivity contribution is -0.172. The first kappa shape index (κ1) is 10.2. The lowest BCUT2D eigenvalue weighted by Gasteiger charge is -2.52. The molecule has 0 aromatic heterocycles. The van der Waals surface area contributed by atoms with Crippen LogP contribution in [-0.2, 0) is 19.2 Å². The van der Waals surface area contributed by atoms with Crippen LogP contribution in [0.4, 0.5) is 0 Å². The molecule has 4 rings (SSSR count). The topological polar surface area (TPSA) is 83.6 Å². The number of hydrogen-bond acceptors (Lipinski definition) is 4. The Hall–Kier alpha value is -1.98. The van der Waals surface area contributed by atoms with Crippen LogP contribution < -0.4 is 5.32 Å². The molecule has 2 bridgehead atoms. The molecule has 6 nitrogen and oxygen atoms in total. The largest absolute Gasteiger partial charge is 0.294 e. The Kier molecular flexibility index (Phi) is 1.69. The average molecular weight is 234 g/mol. The molecule has 1 N–H and O–H groups in total. The van der Waals surface area contributed by atoms with E-state index >= 15 is 0 Å². The zero-order chi connectivity index (χ0) is 12.4. The van der Waals surface area contributed by atoms with E-state index in [1.807, 2.05) is 0 Å². The van der Waals surface area contributed by atoms with Crippen LogP contribution in [0.3, 0.4) is 0 Å². The van der Waals surface area contributed by atoms with Crippen LogP contribution in [0.5, 0.6) is 0 Å². The van der Waals surface area contributed by atoms with E-state index in [2.05, 4.69) is 11.9 Å². The van der Waals surface area contributed by atoms with E-state index < -0.39 is 23.3 Å². The van der Waals surface area contributed by atoms with E-state index in [1.165, 1.54) is 0 Å². The van der Waals surface area contributed by atoms with Gasteiger partial charge in [-0.1, -0.05) is 6.58 Å². The van der Waals surface area contributed by atoms with Gasteiger partial charge in [-0.05, 0) is 12.8 Å². The van der Waals surface area contributed by atoms with E-state index in [-0.39, 0.29) is 36.7 Å². The van der Waals surface area contributed by atoms with E-state index in [0.29, 0.717) is 0 Å². The molecule has 4 amide bonds. The van der Waals surface area contributed by atoms with Gasteiger partial charge in [0.15, 0.2) is 0 Å². The number of likely N-dealkylation sites (tertiary alicyclic amines) is 1. The molecule has 6 heteroatoms. The number of fused-ring (bicyclic) bond motifs is 2. The minimum atomic E-state index is -1.13. The average Bonchev–Trinajstić information content (AvgIpc) is 2.41. The van der Waals surface area contributed by atoms with E-state index in [1.54, 1.807) is 0 Å². The highest BCUT2D eigenvalue weighted by molar-refractivity contribution is 6.18. The van der Waals surface area contributed by atoms with Crippen molar-refractivity contribution in [3.63, 3.8) is 0 Å².